The van der Waals surface area contributed by atoms with Crippen molar-refractivity contribution in [3.63, 3.8) is 0 Å². The van der Waals surface area contributed by atoms with Crippen LogP contribution in [0.1, 0.15) is 6.42 Å². The summed E-state index contributed by atoms with van der Waals surface area (Å²) in [4.78, 5) is 28.6. The molecule has 0 unspecified atom stereocenters. The van der Waals surface area contributed by atoms with Crippen molar-refractivity contribution < 1.29 is 22.7 Å². The van der Waals surface area contributed by atoms with Gasteiger partial charge in [-0.15, -0.1) is 0 Å². The van der Waals surface area contributed by atoms with E-state index in [2.05, 4.69) is 4.99 Å². The Bertz CT molecular complexity index is 1280. The Morgan fingerprint density at radius 3 is 2.53 bits per heavy atom. The second-order valence-electron chi connectivity index (χ2n) is 6.17. The van der Waals surface area contributed by atoms with E-state index in [4.69, 9.17) is 27.9 Å². The van der Waals surface area contributed by atoms with E-state index in [9.17, 15) is 18.0 Å². The number of thiazole rings is 1. The van der Waals surface area contributed by atoms with E-state index in [1.54, 1.807) is 24.3 Å². The molecular formula is C19H16Cl2N2O5S2. The maximum atomic E-state index is 12.4. The number of rotatable bonds is 6. The van der Waals surface area contributed by atoms with Gasteiger partial charge in [0.05, 0.1) is 33.0 Å². The molecule has 1 heterocycles. The van der Waals surface area contributed by atoms with Gasteiger partial charge in [-0.25, -0.2) is 8.42 Å². The number of amides is 1. The second-order valence-corrected chi connectivity index (χ2v) is 10.1. The zero-order valence-corrected chi connectivity index (χ0v) is 18.8. The summed E-state index contributed by atoms with van der Waals surface area (Å²) >= 11 is 13.4. The molecular weight excluding hydrogens is 471 g/mol. The minimum atomic E-state index is -3.61. The van der Waals surface area contributed by atoms with Gasteiger partial charge in [0.15, 0.2) is 14.6 Å². The van der Waals surface area contributed by atoms with Crippen LogP contribution in [0.2, 0.25) is 10.0 Å². The summed E-state index contributed by atoms with van der Waals surface area (Å²) < 4.78 is 31.5. The van der Waals surface area contributed by atoms with Crippen molar-refractivity contribution in [1.82, 2.24) is 4.57 Å². The number of hydrogen-bond acceptors (Lipinski definition) is 6. The highest BCUT2D eigenvalue weighted by Crippen LogP contribution is 2.29. The lowest BCUT2D eigenvalue weighted by Crippen LogP contribution is -2.23. The summed E-state index contributed by atoms with van der Waals surface area (Å²) in [6.07, 6.45) is -0.307. The van der Waals surface area contributed by atoms with E-state index < -0.39 is 21.7 Å². The zero-order chi connectivity index (χ0) is 21.9. The van der Waals surface area contributed by atoms with E-state index in [1.807, 2.05) is 0 Å². The van der Waals surface area contributed by atoms with Crippen molar-refractivity contribution in [3.05, 3.63) is 57.3 Å². The van der Waals surface area contributed by atoms with Crippen LogP contribution < -0.4 is 4.80 Å². The van der Waals surface area contributed by atoms with E-state index in [-0.39, 0.29) is 28.4 Å². The van der Waals surface area contributed by atoms with Crippen molar-refractivity contribution in [2.45, 2.75) is 17.9 Å². The number of esters is 1. The van der Waals surface area contributed by atoms with Gasteiger partial charge in [-0.1, -0.05) is 52.7 Å². The summed E-state index contributed by atoms with van der Waals surface area (Å²) in [5.41, 5.74) is 0.486. The quantitative estimate of drug-likeness (QED) is 0.497. The zero-order valence-electron chi connectivity index (χ0n) is 15.7. The first-order valence-electron chi connectivity index (χ1n) is 8.62. The third kappa shape index (κ3) is 5.10. The molecule has 0 fully saturated rings. The molecule has 0 aliphatic heterocycles. The molecule has 0 saturated carbocycles. The van der Waals surface area contributed by atoms with Crippen LogP contribution in [0.5, 0.6) is 0 Å². The fraction of sp³-hybridized carbons (Fsp3) is 0.211. The fourth-order valence-corrected chi connectivity index (χ4v) is 5.76. The van der Waals surface area contributed by atoms with Crippen LogP contribution in [0.3, 0.4) is 0 Å². The molecule has 0 bridgehead atoms. The Morgan fingerprint density at radius 1 is 1.17 bits per heavy atom. The molecule has 3 aromatic rings. The standard InChI is InChI=1S/C19H16Cl2N2O5S2/c1-28-17(25)11-23-18-14(21)9-12(20)10-15(18)29-19(23)22-16(24)7-8-30(26,27)13-5-3-2-4-6-13/h2-6,9-10H,7-8,11H2,1H3. The summed E-state index contributed by atoms with van der Waals surface area (Å²) in [7, 11) is -2.37. The van der Waals surface area contributed by atoms with Crippen LogP contribution in [0.25, 0.3) is 10.2 Å². The molecule has 0 aliphatic rings. The Morgan fingerprint density at radius 2 is 1.87 bits per heavy atom. The molecule has 0 atom stereocenters. The van der Waals surface area contributed by atoms with Crippen LogP contribution in [0.15, 0.2) is 52.4 Å². The van der Waals surface area contributed by atoms with Crippen molar-refractivity contribution in [2.24, 2.45) is 4.99 Å². The van der Waals surface area contributed by atoms with Crippen LogP contribution in [0, 0.1) is 0 Å². The molecule has 0 radical (unpaired) electrons. The lowest BCUT2D eigenvalue weighted by atomic mass is 10.3. The number of hydrogen-bond donors (Lipinski definition) is 0. The Balaban J connectivity index is 1.94. The molecule has 1 amide bonds. The van der Waals surface area contributed by atoms with Gasteiger partial charge in [0.2, 0.25) is 5.91 Å². The summed E-state index contributed by atoms with van der Waals surface area (Å²) in [5.74, 6) is -1.57. The van der Waals surface area contributed by atoms with Crippen molar-refractivity contribution in [2.75, 3.05) is 12.9 Å². The minimum absolute atomic E-state index is 0.141. The number of benzene rings is 2. The number of halogens is 2. The number of aromatic nitrogens is 1. The SMILES string of the molecule is COC(=O)Cn1c(=NC(=O)CCS(=O)(=O)c2ccccc2)sc2cc(Cl)cc(Cl)c21. The summed E-state index contributed by atoms with van der Waals surface area (Å²) in [5, 5.41) is 0.684. The molecule has 11 heteroatoms. The van der Waals surface area contributed by atoms with Gasteiger partial charge >= 0.3 is 5.97 Å². The van der Waals surface area contributed by atoms with Gasteiger partial charge in [-0.2, -0.15) is 4.99 Å². The van der Waals surface area contributed by atoms with Crippen LogP contribution >= 0.6 is 34.5 Å². The lowest BCUT2D eigenvalue weighted by Gasteiger charge is -2.05. The molecule has 3 rings (SSSR count). The van der Waals surface area contributed by atoms with Crippen LogP contribution in [-0.4, -0.2) is 37.7 Å². The molecule has 2 aromatic carbocycles. The number of methoxy groups -OCH3 is 1. The monoisotopic (exact) mass is 486 g/mol. The predicted octanol–water partition coefficient (Wildman–Crippen LogP) is 3.47. The Kier molecular flexibility index (Phi) is 6.97. The van der Waals surface area contributed by atoms with E-state index in [0.717, 1.165) is 11.3 Å². The average Bonchev–Trinajstić information content (AvgIpc) is 3.03. The van der Waals surface area contributed by atoms with Gasteiger partial charge in [0.25, 0.3) is 0 Å². The van der Waals surface area contributed by atoms with Gasteiger partial charge in [0, 0.05) is 11.4 Å². The molecule has 158 valence electrons. The molecule has 0 aliphatic carbocycles. The predicted molar refractivity (Wildman–Crippen MR) is 116 cm³/mol. The number of nitrogens with zero attached hydrogens (tertiary/aromatic N) is 2. The van der Waals surface area contributed by atoms with Crippen molar-refractivity contribution in [3.8, 4) is 0 Å². The summed E-state index contributed by atoms with van der Waals surface area (Å²) in [6.45, 7) is -0.216. The van der Waals surface area contributed by atoms with Gasteiger partial charge in [-0.05, 0) is 24.3 Å². The third-order valence-corrected chi connectivity index (χ3v) is 7.38. The number of carbonyl (C=O) groups is 2. The first-order valence-corrected chi connectivity index (χ1v) is 11.8. The molecule has 0 saturated heterocycles. The number of ether oxygens (including phenoxy) is 1. The first kappa shape index (κ1) is 22.5. The highest BCUT2D eigenvalue weighted by Gasteiger charge is 2.18. The van der Waals surface area contributed by atoms with Crippen molar-refractivity contribution >= 4 is 66.5 Å². The highest BCUT2D eigenvalue weighted by atomic mass is 35.5. The molecule has 30 heavy (non-hydrogen) atoms. The number of sulfone groups is 1. The second kappa shape index (κ2) is 9.30. The normalized spacial score (nSPS) is 12.3. The van der Waals surface area contributed by atoms with E-state index >= 15 is 0 Å². The first-order chi connectivity index (χ1) is 14.2. The molecule has 1 aromatic heterocycles. The number of carbonyl (C=O) groups excluding carboxylic acids is 2. The molecule has 7 nitrogen and oxygen atoms in total. The smallest absolute Gasteiger partial charge is 0.325 e. The lowest BCUT2D eigenvalue weighted by molar-refractivity contribution is -0.141. The van der Waals surface area contributed by atoms with E-state index in [0.29, 0.717) is 20.3 Å². The van der Waals surface area contributed by atoms with Gasteiger partial charge in [-0.3, -0.25) is 9.59 Å². The van der Waals surface area contributed by atoms with Gasteiger partial charge < -0.3 is 9.30 Å². The minimum Gasteiger partial charge on any atom is -0.468 e. The maximum Gasteiger partial charge on any atom is 0.325 e. The molecule has 0 spiro atoms. The van der Waals surface area contributed by atoms with E-state index in [1.165, 1.54) is 29.9 Å². The average molecular weight is 487 g/mol. The molecule has 0 N–H and O–H groups in total. The number of fused-ring (bicyclic) bond motifs is 1. The van der Waals surface area contributed by atoms with Crippen LogP contribution in [0.4, 0.5) is 0 Å². The van der Waals surface area contributed by atoms with Crippen LogP contribution in [-0.2, 0) is 30.7 Å². The fourth-order valence-electron chi connectivity index (χ4n) is 2.68. The van der Waals surface area contributed by atoms with Gasteiger partial charge in [0.1, 0.15) is 6.54 Å². The topological polar surface area (TPSA) is 94.8 Å². The van der Waals surface area contributed by atoms with Crippen molar-refractivity contribution in [1.29, 1.82) is 0 Å². The Labute approximate surface area is 186 Å². The highest BCUT2D eigenvalue weighted by molar-refractivity contribution is 7.91. The maximum absolute atomic E-state index is 12.4. The largest absolute Gasteiger partial charge is 0.468 e. The Hall–Kier alpha value is -2.20. The summed E-state index contributed by atoms with van der Waals surface area (Å²) in [6, 6.07) is 11.0. The third-order valence-electron chi connectivity index (χ3n) is 4.12.